The smallest absolute Gasteiger partial charge is 0.305 e. The molecule has 1 amide bonds. The van der Waals surface area contributed by atoms with Crippen molar-refractivity contribution in [1.82, 2.24) is 5.32 Å². The van der Waals surface area contributed by atoms with E-state index < -0.39 is 12.1 Å². The molecule has 0 aromatic rings. The third-order valence-corrected chi connectivity index (χ3v) is 13.3. The predicted octanol–water partition coefficient (Wildman–Crippen LogP) is 17.3. The van der Waals surface area contributed by atoms with Crippen molar-refractivity contribution in [2.24, 2.45) is 0 Å². The van der Waals surface area contributed by atoms with Crippen molar-refractivity contribution in [1.29, 1.82) is 0 Å². The summed E-state index contributed by atoms with van der Waals surface area (Å²) in [5.41, 5.74) is 0. The monoisotopic (exact) mass is 890 g/mol. The number of carbonyl (C=O) groups is 2. The molecule has 0 fully saturated rings. The highest BCUT2D eigenvalue weighted by atomic mass is 16.5. The van der Waals surface area contributed by atoms with Crippen molar-refractivity contribution in [2.45, 2.75) is 328 Å². The second kappa shape index (κ2) is 53.2. The Bertz CT molecular complexity index is 939. The summed E-state index contributed by atoms with van der Waals surface area (Å²) in [4.78, 5) is 24.5. The van der Waals surface area contributed by atoms with E-state index >= 15 is 0 Å². The second-order valence-corrected chi connectivity index (χ2v) is 19.6. The minimum atomic E-state index is -0.673. The van der Waals surface area contributed by atoms with Gasteiger partial charge in [0.2, 0.25) is 5.91 Å². The fraction of sp³-hybridized carbons (Fsp3) is 0.930. The van der Waals surface area contributed by atoms with Crippen molar-refractivity contribution < 1.29 is 24.5 Å². The maximum atomic E-state index is 12.5. The molecule has 374 valence electrons. The van der Waals surface area contributed by atoms with Gasteiger partial charge in [-0.3, -0.25) is 9.59 Å². The van der Waals surface area contributed by atoms with Gasteiger partial charge in [-0.15, -0.1) is 0 Å². The van der Waals surface area contributed by atoms with Gasteiger partial charge in [-0.25, -0.2) is 0 Å². The van der Waals surface area contributed by atoms with Gasteiger partial charge < -0.3 is 20.3 Å². The first-order valence-electron chi connectivity index (χ1n) is 28.4. The number of nitrogens with one attached hydrogen (secondary N) is 1. The lowest BCUT2D eigenvalue weighted by Crippen LogP contribution is -2.45. The van der Waals surface area contributed by atoms with Gasteiger partial charge in [0.25, 0.3) is 0 Å². The Balaban J connectivity index is 3.44. The first-order chi connectivity index (χ1) is 31.0. The molecule has 0 spiro atoms. The van der Waals surface area contributed by atoms with Gasteiger partial charge in [0, 0.05) is 12.8 Å². The number of aliphatic hydroxyl groups excluding tert-OH is 2. The van der Waals surface area contributed by atoms with Gasteiger partial charge in [-0.2, -0.15) is 0 Å². The molecule has 0 bridgehead atoms. The standard InChI is InChI=1S/C57H111NO5/c1-3-5-7-9-11-13-15-17-19-20-23-27-31-35-39-43-47-51-57(62)63-52-48-44-40-36-32-28-24-21-22-26-30-34-38-42-46-50-56(61)58-54(53-59)55(60)49-45-41-37-33-29-25-18-16-14-12-10-8-6-4-2/h24,28,54-55,59-60H,3-23,25-27,29-53H2,1-2H3,(H,58,61)/b28-24-. The number of allylic oxidation sites excluding steroid dienone is 2. The van der Waals surface area contributed by atoms with Crippen LogP contribution in [0.3, 0.4) is 0 Å². The summed E-state index contributed by atoms with van der Waals surface area (Å²) >= 11 is 0. The van der Waals surface area contributed by atoms with Crippen LogP contribution in [0.25, 0.3) is 0 Å². The summed E-state index contributed by atoms with van der Waals surface area (Å²) in [5, 5.41) is 23.2. The van der Waals surface area contributed by atoms with E-state index in [1.165, 1.54) is 212 Å². The van der Waals surface area contributed by atoms with Crippen molar-refractivity contribution in [3.8, 4) is 0 Å². The van der Waals surface area contributed by atoms with Gasteiger partial charge >= 0.3 is 5.97 Å². The summed E-state index contributed by atoms with van der Waals surface area (Å²) in [6.45, 7) is 4.94. The van der Waals surface area contributed by atoms with Gasteiger partial charge in [0.15, 0.2) is 0 Å². The molecule has 0 saturated carbocycles. The predicted molar refractivity (Wildman–Crippen MR) is 273 cm³/mol. The van der Waals surface area contributed by atoms with E-state index in [4.69, 9.17) is 4.74 Å². The molecule has 3 N–H and O–H groups in total. The number of hydrogen-bond donors (Lipinski definition) is 3. The van der Waals surface area contributed by atoms with Gasteiger partial charge in [-0.05, 0) is 51.4 Å². The van der Waals surface area contributed by atoms with E-state index in [2.05, 4.69) is 31.3 Å². The van der Waals surface area contributed by atoms with E-state index in [1.54, 1.807) is 0 Å². The Morgan fingerprint density at radius 1 is 0.429 bits per heavy atom. The van der Waals surface area contributed by atoms with Crippen LogP contribution >= 0.6 is 0 Å². The van der Waals surface area contributed by atoms with Crippen LogP contribution in [-0.4, -0.2) is 47.4 Å². The van der Waals surface area contributed by atoms with Crippen LogP contribution < -0.4 is 5.32 Å². The molecule has 0 radical (unpaired) electrons. The van der Waals surface area contributed by atoms with Gasteiger partial charge in [0.05, 0.1) is 25.4 Å². The minimum absolute atomic E-state index is 0.00564. The highest BCUT2D eigenvalue weighted by molar-refractivity contribution is 5.76. The molecule has 0 rings (SSSR count). The third-order valence-electron chi connectivity index (χ3n) is 13.3. The number of hydrogen-bond acceptors (Lipinski definition) is 5. The zero-order valence-electron chi connectivity index (χ0n) is 42.6. The summed E-state index contributed by atoms with van der Waals surface area (Å²) in [5.74, 6) is -0.0542. The molecular formula is C57H111NO5. The fourth-order valence-electron chi connectivity index (χ4n) is 8.93. The topological polar surface area (TPSA) is 95.9 Å². The molecule has 0 aliphatic rings. The zero-order valence-corrected chi connectivity index (χ0v) is 42.6. The number of ether oxygens (including phenoxy) is 1. The first kappa shape index (κ1) is 61.6. The quantitative estimate of drug-likeness (QED) is 0.0321. The van der Waals surface area contributed by atoms with Crippen LogP contribution in [0.4, 0.5) is 0 Å². The number of esters is 1. The molecule has 0 aliphatic heterocycles. The van der Waals surface area contributed by atoms with Crippen LogP contribution in [0.1, 0.15) is 316 Å². The molecule has 0 heterocycles. The average molecular weight is 891 g/mol. The number of unbranched alkanes of at least 4 members (excludes halogenated alkanes) is 40. The molecule has 0 aliphatic carbocycles. The molecule has 6 heteroatoms. The number of amides is 1. The Kier molecular flexibility index (Phi) is 52.0. The van der Waals surface area contributed by atoms with Crippen molar-refractivity contribution in [2.75, 3.05) is 13.2 Å². The summed E-state index contributed by atoms with van der Waals surface area (Å²) in [6.07, 6.45) is 62.0. The van der Waals surface area contributed by atoms with Gasteiger partial charge in [-0.1, -0.05) is 264 Å². The SMILES string of the molecule is CCCCCCCCCCCCCCCCCCCC(=O)OCCCCCC/C=C\CCCCCCCCCC(=O)NC(CO)C(O)CCCCCCCCCCCCCCCC. The van der Waals surface area contributed by atoms with E-state index in [0.29, 0.717) is 25.9 Å². The second-order valence-electron chi connectivity index (χ2n) is 19.6. The van der Waals surface area contributed by atoms with Crippen molar-refractivity contribution in [3.63, 3.8) is 0 Å². The highest BCUT2D eigenvalue weighted by Gasteiger charge is 2.20. The Morgan fingerprint density at radius 3 is 1.13 bits per heavy atom. The van der Waals surface area contributed by atoms with Gasteiger partial charge in [0.1, 0.15) is 0 Å². The lowest BCUT2D eigenvalue weighted by Gasteiger charge is -2.22. The van der Waals surface area contributed by atoms with Crippen LogP contribution in [0.2, 0.25) is 0 Å². The van der Waals surface area contributed by atoms with Crippen molar-refractivity contribution >= 4 is 11.9 Å². The normalized spacial score (nSPS) is 12.6. The van der Waals surface area contributed by atoms with Crippen molar-refractivity contribution in [3.05, 3.63) is 12.2 Å². The summed E-state index contributed by atoms with van der Waals surface area (Å²) in [7, 11) is 0. The average Bonchev–Trinajstić information content (AvgIpc) is 3.28. The molecule has 2 atom stereocenters. The van der Waals surface area contributed by atoms with Crippen LogP contribution in [0.15, 0.2) is 12.2 Å². The third kappa shape index (κ3) is 49.9. The number of rotatable bonds is 53. The highest BCUT2D eigenvalue weighted by Crippen LogP contribution is 2.17. The molecular weight excluding hydrogens is 779 g/mol. The molecule has 63 heavy (non-hydrogen) atoms. The first-order valence-corrected chi connectivity index (χ1v) is 28.4. The Morgan fingerprint density at radius 2 is 0.746 bits per heavy atom. The number of aliphatic hydroxyl groups is 2. The molecule has 0 saturated heterocycles. The summed E-state index contributed by atoms with van der Waals surface area (Å²) in [6, 6.07) is -0.551. The van der Waals surface area contributed by atoms with Crippen LogP contribution in [0.5, 0.6) is 0 Å². The largest absolute Gasteiger partial charge is 0.466 e. The van der Waals surface area contributed by atoms with E-state index in [0.717, 1.165) is 70.6 Å². The maximum Gasteiger partial charge on any atom is 0.305 e. The number of carbonyl (C=O) groups excluding carboxylic acids is 2. The maximum absolute atomic E-state index is 12.5. The Hall–Kier alpha value is -1.40. The minimum Gasteiger partial charge on any atom is -0.466 e. The lowest BCUT2D eigenvalue weighted by atomic mass is 10.0. The van der Waals surface area contributed by atoms with Crippen LogP contribution in [0, 0.1) is 0 Å². The summed E-state index contributed by atoms with van der Waals surface area (Å²) < 4.78 is 5.47. The molecule has 6 nitrogen and oxygen atoms in total. The van der Waals surface area contributed by atoms with E-state index in [1.807, 2.05) is 0 Å². The van der Waals surface area contributed by atoms with E-state index in [9.17, 15) is 19.8 Å². The lowest BCUT2D eigenvalue weighted by molar-refractivity contribution is -0.143. The van der Waals surface area contributed by atoms with E-state index in [-0.39, 0.29) is 18.5 Å². The molecule has 2 unspecified atom stereocenters. The molecule has 0 aromatic heterocycles. The molecule has 0 aromatic carbocycles. The van der Waals surface area contributed by atoms with Crippen LogP contribution in [-0.2, 0) is 14.3 Å². The fourth-order valence-corrected chi connectivity index (χ4v) is 8.93. The Labute approximate surface area is 393 Å². The zero-order chi connectivity index (χ0) is 45.8.